The van der Waals surface area contributed by atoms with E-state index in [1.54, 1.807) is 0 Å². The third-order valence-corrected chi connectivity index (χ3v) is 5.96. The summed E-state index contributed by atoms with van der Waals surface area (Å²) in [6.07, 6.45) is 8.13. The van der Waals surface area contributed by atoms with Gasteiger partial charge in [0.25, 0.3) is 0 Å². The first-order valence-corrected chi connectivity index (χ1v) is 9.47. The van der Waals surface area contributed by atoms with Crippen molar-refractivity contribution < 1.29 is 4.79 Å². The van der Waals surface area contributed by atoms with E-state index >= 15 is 0 Å². The maximum atomic E-state index is 12.8. The number of hydrogen-bond donors (Lipinski definition) is 1. The fourth-order valence-electron chi connectivity index (χ4n) is 4.58. The van der Waals surface area contributed by atoms with E-state index in [2.05, 4.69) is 26.2 Å². The summed E-state index contributed by atoms with van der Waals surface area (Å²) in [5.74, 6) is 1.07. The summed E-state index contributed by atoms with van der Waals surface area (Å²) in [4.78, 5) is 21.7. The van der Waals surface area contributed by atoms with Crippen LogP contribution in [-0.2, 0) is 11.3 Å². The van der Waals surface area contributed by atoms with Crippen LogP contribution in [0.2, 0.25) is 0 Å². The first-order valence-electron chi connectivity index (χ1n) is 9.47. The van der Waals surface area contributed by atoms with Crippen LogP contribution in [-0.4, -0.2) is 59.0 Å². The van der Waals surface area contributed by atoms with Crippen LogP contribution in [0, 0.1) is 5.92 Å². The normalized spacial score (nSPS) is 31.0. The van der Waals surface area contributed by atoms with Gasteiger partial charge in [-0.05, 0) is 37.3 Å². The predicted molar refractivity (Wildman–Crippen MR) is 93.4 cm³/mol. The zero-order valence-electron chi connectivity index (χ0n) is 14.4. The van der Waals surface area contributed by atoms with Crippen LogP contribution >= 0.6 is 0 Å². The van der Waals surface area contributed by atoms with Crippen molar-refractivity contribution >= 4 is 5.91 Å². The molecule has 1 saturated carbocycles. The van der Waals surface area contributed by atoms with E-state index in [0.717, 1.165) is 50.8 Å². The molecule has 1 aromatic heterocycles. The molecule has 0 radical (unpaired) electrons. The minimum absolute atomic E-state index is 0.0699. The van der Waals surface area contributed by atoms with Gasteiger partial charge in [-0.3, -0.25) is 14.7 Å². The van der Waals surface area contributed by atoms with Crippen LogP contribution in [0.1, 0.15) is 37.8 Å². The van der Waals surface area contributed by atoms with Gasteiger partial charge in [0.15, 0.2) is 0 Å². The van der Waals surface area contributed by atoms with Crippen LogP contribution in [0.5, 0.6) is 0 Å². The van der Waals surface area contributed by atoms with Gasteiger partial charge in [-0.1, -0.05) is 18.9 Å². The number of nitrogens with one attached hydrogen (secondary N) is 1. The Hall–Kier alpha value is -1.46. The van der Waals surface area contributed by atoms with E-state index in [-0.39, 0.29) is 6.04 Å². The highest BCUT2D eigenvalue weighted by Crippen LogP contribution is 2.33. The second-order valence-electron chi connectivity index (χ2n) is 7.53. The molecule has 1 aliphatic carbocycles. The Bertz CT molecular complexity index is 542. The van der Waals surface area contributed by atoms with Crippen molar-refractivity contribution in [3.05, 3.63) is 30.1 Å². The lowest BCUT2D eigenvalue weighted by molar-refractivity contribution is -0.135. The summed E-state index contributed by atoms with van der Waals surface area (Å²) in [5, 5.41) is 3.63. The molecule has 1 aromatic rings. The molecule has 3 unspecified atom stereocenters. The lowest BCUT2D eigenvalue weighted by atomic mass is 9.85. The molecular formula is C19H28N4O. The summed E-state index contributed by atoms with van der Waals surface area (Å²) in [6, 6.07) is 6.72. The van der Waals surface area contributed by atoms with E-state index in [9.17, 15) is 4.79 Å². The molecule has 130 valence electrons. The van der Waals surface area contributed by atoms with E-state index in [4.69, 9.17) is 0 Å². The molecular weight excluding hydrogens is 300 g/mol. The van der Waals surface area contributed by atoms with Crippen LogP contribution in [0.3, 0.4) is 0 Å². The molecule has 5 nitrogen and oxygen atoms in total. The molecule has 5 heteroatoms. The number of nitrogens with zero attached hydrogens (tertiary/aromatic N) is 3. The maximum absolute atomic E-state index is 12.8. The number of carbonyl (C=O) groups excluding carboxylic acids is 1. The lowest BCUT2D eigenvalue weighted by Crippen LogP contribution is -2.53. The highest BCUT2D eigenvalue weighted by molar-refractivity contribution is 5.82. The average Bonchev–Trinajstić information content (AvgIpc) is 3.07. The lowest BCUT2D eigenvalue weighted by Gasteiger charge is -2.35. The molecule has 0 bridgehead atoms. The van der Waals surface area contributed by atoms with Crippen LogP contribution in [0.15, 0.2) is 24.4 Å². The Labute approximate surface area is 144 Å². The van der Waals surface area contributed by atoms with E-state index in [0.29, 0.717) is 11.9 Å². The van der Waals surface area contributed by atoms with Gasteiger partial charge < -0.3 is 10.2 Å². The van der Waals surface area contributed by atoms with Gasteiger partial charge >= 0.3 is 0 Å². The standard InChI is InChI=1S/C19H28N4O/c24-19(18-13-15-5-1-2-7-17(15)21-18)23-11-9-22(10-12-23)14-16-6-3-4-8-20-16/h3-4,6,8,15,17-18,21H,1-2,5,7,9-14H2. The van der Waals surface area contributed by atoms with Crippen molar-refractivity contribution in [1.82, 2.24) is 20.1 Å². The number of hydrogen-bond acceptors (Lipinski definition) is 4. The average molecular weight is 328 g/mol. The zero-order chi connectivity index (χ0) is 16.4. The Balaban J connectivity index is 1.27. The van der Waals surface area contributed by atoms with Gasteiger partial charge in [0.1, 0.15) is 0 Å². The topological polar surface area (TPSA) is 48.5 Å². The summed E-state index contributed by atoms with van der Waals surface area (Å²) in [7, 11) is 0. The number of amides is 1. The fraction of sp³-hybridized carbons (Fsp3) is 0.684. The zero-order valence-corrected chi connectivity index (χ0v) is 14.4. The van der Waals surface area contributed by atoms with Gasteiger partial charge in [-0.2, -0.15) is 0 Å². The number of rotatable bonds is 3. The summed E-state index contributed by atoms with van der Waals surface area (Å²) in [6.45, 7) is 4.47. The fourth-order valence-corrected chi connectivity index (χ4v) is 4.58. The highest BCUT2D eigenvalue weighted by atomic mass is 16.2. The summed E-state index contributed by atoms with van der Waals surface area (Å²) in [5.41, 5.74) is 1.11. The van der Waals surface area contributed by atoms with E-state index in [1.165, 1.54) is 25.7 Å². The molecule has 0 aromatic carbocycles. The van der Waals surface area contributed by atoms with E-state index < -0.39 is 0 Å². The summed E-state index contributed by atoms with van der Waals surface area (Å²) >= 11 is 0. The Morgan fingerprint density at radius 2 is 2.00 bits per heavy atom. The van der Waals surface area contributed by atoms with Crippen molar-refractivity contribution in [3.8, 4) is 0 Å². The number of carbonyl (C=O) groups is 1. The minimum atomic E-state index is 0.0699. The molecule has 3 heterocycles. The first kappa shape index (κ1) is 16.0. The minimum Gasteiger partial charge on any atom is -0.339 e. The maximum Gasteiger partial charge on any atom is 0.239 e. The Morgan fingerprint density at radius 3 is 2.75 bits per heavy atom. The molecule has 24 heavy (non-hydrogen) atoms. The van der Waals surface area contributed by atoms with Crippen LogP contribution in [0.25, 0.3) is 0 Å². The van der Waals surface area contributed by atoms with Crippen LogP contribution < -0.4 is 5.32 Å². The van der Waals surface area contributed by atoms with Gasteiger partial charge in [0.05, 0.1) is 11.7 Å². The number of fused-ring (bicyclic) bond motifs is 1. The molecule has 3 atom stereocenters. The number of aromatic nitrogens is 1. The first-order chi connectivity index (χ1) is 11.8. The molecule has 2 saturated heterocycles. The molecule has 2 aliphatic heterocycles. The largest absolute Gasteiger partial charge is 0.339 e. The second-order valence-corrected chi connectivity index (χ2v) is 7.53. The third-order valence-electron chi connectivity index (χ3n) is 5.96. The molecule has 3 fully saturated rings. The highest BCUT2D eigenvalue weighted by Gasteiger charge is 2.40. The Kier molecular flexibility index (Phi) is 4.81. The van der Waals surface area contributed by atoms with Crippen molar-refractivity contribution in [2.75, 3.05) is 26.2 Å². The Morgan fingerprint density at radius 1 is 1.17 bits per heavy atom. The van der Waals surface area contributed by atoms with Gasteiger partial charge in [-0.15, -0.1) is 0 Å². The van der Waals surface area contributed by atoms with Crippen molar-refractivity contribution in [3.63, 3.8) is 0 Å². The molecule has 0 spiro atoms. The van der Waals surface area contributed by atoms with E-state index in [1.807, 2.05) is 18.3 Å². The molecule has 4 rings (SSSR count). The van der Waals surface area contributed by atoms with Gasteiger partial charge in [-0.25, -0.2) is 0 Å². The smallest absolute Gasteiger partial charge is 0.239 e. The predicted octanol–water partition coefficient (Wildman–Crippen LogP) is 1.65. The summed E-state index contributed by atoms with van der Waals surface area (Å²) < 4.78 is 0. The van der Waals surface area contributed by atoms with Crippen LogP contribution in [0.4, 0.5) is 0 Å². The third kappa shape index (κ3) is 3.47. The quantitative estimate of drug-likeness (QED) is 0.916. The molecule has 3 aliphatic rings. The SMILES string of the molecule is O=C(C1CC2CCCCC2N1)N1CCN(Cc2ccccn2)CC1. The second kappa shape index (κ2) is 7.19. The number of piperazine rings is 1. The molecule has 1 amide bonds. The molecule has 1 N–H and O–H groups in total. The van der Waals surface area contributed by atoms with Crippen molar-refractivity contribution in [2.45, 2.75) is 50.7 Å². The van der Waals surface area contributed by atoms with Gasteiger partial charge in [0, 0.05) is 45.0 Å². The van der Waals surface area contributed by atoms with Crippen molar-refractivity contribution in [1.29, 1.82) is 0 Å². The van der Waals surface area contributed by atoms with Crippen molar-refractivity contribution in [2.24, 2.45) is 5.92 Å². The monoisotopic (exact) mass is 328 g/mol. The number of pyridine rings is 1. The van der Waals surface area contributed by atoms with Gasteiger partial charge in [0.2, 0.25) is 5.91 Å².